The van der Waals surface area contributed by atoms with E-state index in [4.69, 9.17) is 23.2 Å². The first kappa shape index (κ1) is 17.2. The SMILES string of the molecule is O=C(c1ccc(Cl)c(Cl)c1)N(/N=C/c1ccccc1)c1ccccc1. The molecule has 3 aromatic rings. The fraction of sp³-hybridized carbons (Fsp3) is 0. The van der Waals surface area contributed by atoms with Crippen LogP contribution in [0.4, 0.5) is 5.69 Å². The van der Waals surface area contributed by atoms with Crippen molar-refractivity contribution in [2.75, 3.05) is 5.01 Å². The van der Waals surface area contributed by atoms with Gasteiger partial charge in [0.05, 0.1) is 21.9 Å². The smallest absolute Gasteiger partial charge is 0.267 e. The maximum absolute atomic E-state index is 12.9. The lowest BCUT2D eigenvalue weighted by Gasteiger charge is -2.17. The predicted molar refractivity (Wildman–Crippen MR) is 104 cm³/mol. The monoisotopic (exact) mass is 368 g/mol. The van der Waals surface area contributed by atoms with Gasteiger partial charge >= 0.3 is 0 Å². The van der Waals surface area contributed by atoms with Gasteiger partial charge in [-0.25, -0.2) is 0 Å². The van der Waals surface area contributed by atoms with Crippen LogP contribution in [0.25, 0.3) is 0 Å². The summed E-state index contributed by atoms with van der Waals surface area (Å²) in [7, 11) is 0. The third kappa shape index (κ3) is 4.27. The van der Waals surface area contributed by atoms with Crippen molar-refractivity contribution >= 4 is 41.0 Å². The molecule has 1 amide bonds. The quantitative estimate of drug-likeness (QED) is 0.431. The van der Waals surface area contributed by atoms with Gasteiger partial charge in [0.2, 0.25) is 0 Å². The number of rotatable bonds is 4. The molecule has 0 radical (unpaired) electrons. The van der Waals surface area contributed by atoms with Crippen molar-refractivity contribution in [3.8, 4) is 0 Å². The summed E-state index contributed by atoms with van der Waals surface area (Å²) in [4.78, 5) is 12.9. The Hall–Kier alpha value is -2.62. The number of nitrogens with zero attached hydrogens (tertiary/aromatic N) is 2. The highest BCUT2D eigenvalue weighted by atomic mass is 35.5. The Kier molecular flexibility index (Phi) is 5.49. The number of carbonyl (C=O) groups is 1. The molecule has 3 nitrogen and oxygen atoms in total. The molecule has 0 heterocycles. The predicted octanol–water partition coefficient (Wildman–Crippen LogP) is 5.67. The van der Waals surface area contributed by atoms with Crippen LogP contribution in [0, 0.1) is 0 Å². The maximum Gasteiger partial charge on any atom is 0.278 e. The van der Waals surface area contributed by atoms with Crippen molar-refractivity contribution in [2.24, 2.45) is 5.10 Å². The number of anilines is 1. The molecule has 0 spiro atoms. The fourth-order valence-corrected chi connectivity index (χ4v) is 2.52. The van der Waals surface area contributed by atoms with Crippen LogP contribution in [0.15, 0.2) is 84.0 Å². The maximum atomic E-state index is 12.9. The van der Waals surface area contributed by atoms with Crippen molar-refractivity contribution < 1.29 is 4.79 Å². The summed E-state index contributed by atoms with van der Waals surface area (Å²) in [6.45, 7) is 0. The van der Waals surface area contributed by atoms with E-state index in [0.29, 0.717) is 21.3 Å². The molecule has 0 unspecified atom stereocenters. The number of hydrogen-bond acceptors (Lipinski definition) is 2. The Morgan fingerprint density at radius 2 is 1.48 bits per heavy atom. The third-order valence-corrected chi connectivity index (χ3v) is 4.22. The Morgan fingerprint density at radius 1 is 0.840 bits per heavy atom. The summed E-state index contributed by atoms with van der Waals surface area (Å²) in [6, 6.07) is 23.6. The first-order chi connectivity index (χ1) is 12.1. The van der Waals surface area contributed by atoms with E-state index in [1.54, 1.807) is 24.4 Å². The standard InChI is InChI=1S/C20H14Cl2N2O/c21-18-12-11-16(13-19(18)22)20(25)24(17-9-5-2-6-10-17)23-14-15-7-3-1-4-8-15/h1-14H/b23-14+. The second-order valence-corrected chi connectivity index (χ2v) is 6.05. The molecule has 0 N–H and O–H groups in total. The molecule has 124 valence electrons. The summed E-state index contributed by atoms with van der Waals surface area (Å²) < 4.78 is 0. The number of hydrogen-bond donors (Lipinski definition) is 0. The average Bonchev–Trinajstić information content (AvgIpc) is 2.66. The minimum absolute atomic E-state index is 0.294. The normalized spacial score (nSPS) is 10.8. The first-order valence-electron chi connectivity index (χ1n) is 7.59. The van der Waals surface area contributed by atoms with Crippen LogP contribution >= 0.6 is 23.2 Å². The van der Waals surface area contributed by atoms with Gasteiger partial charge in [-0.1, -0.05) is 71.7 Å². The molecule has 25 heavy (non-hydrogen) atoms. The molecule has 0 aliphatic rings. The largest absolute Gasteiger partial charge is 0.278 e. The molecule has 0 saturated carbocycles. The third-order valence-electron chi connectivity index (χ3n) is 3.48. The lowest BCUT2D eigenvalue weighted by atomic mass is 10.2. The highest BCUT2D eigenvalue weighted by Crippen LogP contribution is 2.25. The molecule has 0 aliphatic carbocycles. The van der Waals surface area contributed by atoms with Crippen LogP contribution in [0.1, 0.15) is 15.9 Å². The van der Waals surface area contributed by atoms with Gasteiger partial charge in [0, 0.05) is 5.56 Å². The second kappa shape index (κ2) is 7.97. The number of carbonyl (C=O) groups excluding carboxylic acids is 1. The molecule has 0 saturated heterocycles. The molecule has 0 atom stereocenters. The van der Waals surface area contributed by atoms with Crippen LogP contribution in [-0.2, 0) is 0 Å². The van der Waals surface area contributed by atoms with Crippen LogP contribution in [-0.4, -0.2) is 12.1 Å². The van der Waals surface area contributed by atoms with E-state index < -0.39 is 0 Å². The van der Waals surface area contributed by atoms with Crippen molar-refractivity contribution in [3.05, 3.63) is 100 Å². The van der Waals surface area contributed by atoms with Crippen LogP contribution < -0.4 is 5.01 Å². The van der Waals surface area contributed by atoms with Gasteiger partial charge in [-0.15, -0.1) is 0 Å². The van der Waals surface area contributed by atoms with E-state index in [1.165, 1.54) is 5.01 Å². The van der Waals surface area contributed by atoms with E-state index in [9.17, 15) is 4.79 Å². The molecule has 0 aliphatic heterocycles. The molecular formula is C20H14Cl2N2O. The van der Waals surface area contributed by atoms with Gasteiger partial charge in [-0.05, 0) is 35.9 Å². The number of para-hydroxylation sites is 1. The zero-order chi connectivity index (χ0) is 17.6. The van der Waals surface area contributed by atoms with Gasteiger partial charge in [0.15, 0.2) is 0 Å². The van der Waals surface area contributed by atoms with Crippen molar-refractivity contribution in [1.82, 2.24) is 0 Å². The Balaban J connectivity index is 1.97. The number of halogens is 2. The van der Waals surface area contributed by atoms with E-state index >= 15 is 0 Å². The van der Waals surface area contributed by atoms with Gasteiger partial charge in [0.1, 0.15) is 0 Å². The lowest BCUT2D eigenvalue weighted by Crippen LogP contribution is -2.25. The zero-order valence-corrected chi connectivity index (χ0v) is 14.7. The summed E-state index contributed by atoms with van der Waals surface area (Å²) >= 11 is 12.0. The first-order valence-corrected chi connectivity index (χ1v) is 8.34. The molecule has 3 aromatic carbocycles. The van der Waals surface area contributed by atoms with Crippen LogP contribution in [0.2, 0.25) is 10.0 Å². The van der Waals surface area contributed by atoms with Gasteiger partial charge < -0.3 is 0 Å². The fourth-order valence-electron chi connectivity index (χ4n) is 2.22. The molecule has 0 bridgehead atoms. The van der Waals surface area contributed by atoms with Gasteiger partial charge in [0.25, 0.3) is 5.91 Å². The summed E-state index contributed by atoms with van der Waals surface area (Å²) in [6.07, 6.45) is 1.64. The van der Waals surface area contributed by atoms with E-state index in [1.807, 2.05) is 60.7 Å². The van der Waals surface area contributed by atoms with E-state index in [0.717, 1.165) is 5.56 Å². The highest BCUT2D eigenvalue weighted by Gasteiger charge is 2.17. The van der Waals surface area contributed by atoms with Gasteiger partial charge in [-0.3, -0.25) is 4.79 Å². The summed E-state index contributed by atoms with van der Waals surface area (Å²) in [5, 5.41) is 6.44. The topological polar surface area (TPSA) is 32.7 Å². The van der Waals surface area contributed by atoms with E-state index in [-0.39, 0.29) is 5.91 Å². The Morgan fingerprint density at radius 3 is 2.12 bits per heavy atom. The number of benzene rings is 3. The average molecular weight is 369 g/mol. The van der Waals surface area contributed by atoms with Crippen LogP contribution in [0.3, 0.4) is 0 Å². The van der Waals surface area contributed by atoms with Gasteiger partial charge in [-0.2, -0.15) is 10.1 Å². The van der Waals surface area contributed by atoms with Crippen molar-refractivity contribution in [3.63, 3.8) is 0 Å². The zero-order valence-electron chi connectivity index (χ0n) is 13.1. The van der Waals surface area contributed by atoms with Crippen molar-refractivity contribution in [1.29, 1.82) is 0 Å². The minimum atomic E-state index is -0.294. The molecule has 0 fully saturated rings. The minimum Gasteiger partial charge on any atom is -0.267 e. The molecule has 3 rings (SSSR count). The lowest BCUT2D eigenvalue weighted by molar-refractivity contribution is 0.0988. The Labute approximate surface area is 156 Å². The second-order valence-electron chi connectivity index (χ2n) is 5.24. The Bertz CT molecular complexity index is 896. The highest BCUT2D eigenvalue weighted by molar-refractivity contribution is 6.42. The molecule has 5 heteroatoms. The molecule has 0 aromatic heterocycles. The summed E-state index contributed by atoms with van der Waals surface area (Å²) in [5.74, 6) is -0.294. The van der Waals surface area contributed by atoms with Crippen molar-refractivity contribution in [2.45, 2.75) is 0 Å². The van der Waals surface area contributed by atoms with Crippen LogP contribution in [0.5, 0.6) is 0 Å². The summed E-state index contributed by atoms with van der Waals surface area (Å²) in [5.41, 5.74) is 1.96. The number of amides is 1. The number of hydrazone groups is 1. The molecular weight excluding hydrogens is 355 g/mol. The van der Waals surface area contributed by atoms with E-state index in [2.05, 4.69) is 5.10 Å².